The van der Waals surface area contributed by atoms with Crippen molar-refractivity contribution in [3.8, 4) is 11.3 Å². The molecule has 7 heteroatoms. The first-order valence-corrected chi connectivity index (χ1v) is 11.0. The first-order valence-electron chi connectivity index (χ1n) is 9.43. The molecule has 29 heavy (non-hydrogen) atoms. The third kappa shape index (κ3) is 3.88. The van der Waals surface area contributed by atoms with Crippen molar-refractivity contribution in [1.82, 2.24) is 9.97 Å². The van der Waals surface area contributed by atoms with Crippen LogP contribution in [0.5, 0.6) is 0 Å². The second-order valence-corrected chi connectivity index (χ2v) is 9.94. The number of rotatable bonds is 4. The number of aromatic nitrogens is 2. The third-order valence-corrected chi connectivity index (χ3v) is 6.29. The molecule has 1 aromatic carbocycles. The monoisotopic (exact) mass is 409 g/mol. The Kier molecular flexibility index (Phi) is 4.67. The fourth-order valence-electron chi connectivity index (χ4n) is 4.07. The van der Waals surface area contributed by atoms with Gasteiger partial charge in [0.2, 0.25) is 10.0 Å². The molecule has 0 unspecified atom stereocenters. The minimum absolute atomic E-state index is 0.0736. The van der Waals surface area contributed by atoms with Gasteiger partial charge in [-0.3, -0.25) is 9.78 Å². The predicted octanol–water partition coefficient (Wildman–Crippen LogP) is 3.47. The van der Waals surface area contributed by atoms with Crippen LogP contribution in [0.15, 0.2) is 53.7 Å². The number of Topliss-reactive ketones (excluding diaryl/α,β-unsaturated/α-hetero) is 1. The fourth-order valence-corrected chi connectivity index (χ4v) is 4.59. The third-order valence-electron chi connectivity index (χ3n) is 5.36. The van der Waals surface area contributed by atoms with Crippen molar-refractivity contribution in [1.29, 1.82) is 0 Å². The van der Waals surface area contributed by atoms with Crippen LogP contribution in [0.3, 0.4) is 0 Å². The molecule has 0 bridgehead atoms. The summed E-state index contributed by atoms with van der Waals surface area (Å²) in [4.78, 5) is 20.7. The van der Waals surface area contributed by atoms with Gasteiger partial charge in [0.1, 0.15) is 0 Å². The van der Waals surface area contributed by atoms with Crippen molar-refractivity contribution in [3.05, 3.63) is 71.2 Å². The first kappa shape index (κ1) is 19.5. The van der Waals surface area contributed by atoms with Crippen molar-refractivity contribution >= 4 is 15.8 Å². The van der Waals surface area contributed by atoms with E-state index in [0.717, 1.165) is 40.1 Å². The zero-order valence-corrected chi connectivity index (χ0v) is 17.2. The number of hydrogen-bond acceptors (Lipinski definition) is 4. The zero-order chi connectivity index (χ0) is 20.8. The summed E-state index contributed by atoms with van der Waals surface area (Å²) in [5.74, 6) is 0.143. The standard InChI is InChI=1S/C22H23N3O3S/c1-22(2)12-18-20(19(26)13-22)17(21(25-18)15-7-9-24-10-8-15)11-14-3-5-16(6-4-14)29(23,27)28/h3-10,25H,11-13H2,1-2H3,(H2,23,27,28). The molecule has 0 saturated carbocycles. The largest absolute Gasteiger partial charge is 0.358 e. The van der Waals surface area contributed by atoms with Crippen LogP contribution < -0.4 is 5.14 Å². The van der Waals surface area contributed by atoms with Gasteiger partial charge < -0.3 is 4.98 Å². The Morgan fingerprint density at radius 1 is 1.07 bits per heavy atom. The van der Waals surface area contributed by atoms with Crippen LogP contribution in [0.25, 0.3) is 11.3 Å². The van der Waals surface area contributed by atoms with E-state index in [4.69, 9.17) is 5.14 Å². The van der Waals surface area contributed by atoms with E-state index >= 15 is 0 Å². The molecule has 0 spiro atoms. The lowest BCUT2D eigenvalue weighted by Crippen LogP contribution is -2.27. The number of carbonyl (C=O) groups excluding carboxylic acids is 1. The molecule has 0 amide bonds. The molecule has 0 fully saturated rings. The SMILES string of the molecule is CC1(C)CC(=O)c2c([nH]c(-c3ccncc3)c2Cc2ccc(S(N)(=O)=O)cc2)C1. The number of fused-ring (bicyclic) bond motifs is 1. The highest BCUT2D eigenvalue weighted by molar-refractivity contribution is 7.89. The Hall–Kier alpha value is -2.77. The van der Waals surface area contributed by atoms with Gasteiger partial charge in [0.15, 0.2) is 5.78 Å². The highest BCUT2D eigenvalue weighted by Gasteiger charge is 2.35. The summed E-state index contributed by atoms with van der Waals surface area (Å²) in [6.45, 7) is 4.21. The van der Waals surface area contributed by atoms with Crippen molar-refractivity contribution in [2.45, 2.75) is 38.0 Å². The van der Waals surface area contributed by atoms with E-state index < -0.39 is 10.0 Å². The number of nitrogens with zero attached hydrogens (tertiary/aromatic N) is 1. The lowest BCUT2D eigenvalue weighted by molar-refractivity contribution is 0.0911. The van der Waals surface area contributed by atoms with Gasteiger partial charge in [0, 0.05) is 42.1 Å². The maximum atomic E-state index is 13.0. The minimum Gasteiger partial charge on any atom is -0.358 e. The van der Waals surface area contributed by atoms with Gasteiger partial charge in [-0.25, -0.2) is 13.6 Å². The Balaban J connectivity index is 1.81. The fraction of sp³-hybridized carbons (Fsp3) is 0.273. The Bertz CT molecular complexity index is 1180. The van der Waals surface area contributed by atoms with Gasteiger partial charge in [-0.05, 0) is 47.2 Å². The molecule has 0 saturated heterocycles. The van der Waals surface area contributed by atoms with E-state index in [1.54, 1.807) is 24.5 Å². The molecule has 3 aromatic rings. The Morgan fingerprint density at radius 3 is 2.34 bits per heavy atom. The molecule has 1 aliphatic rings. The molecule has 4 rings (SSSR count). The number of benzene rings is 1. The second-order valence-electron chi connectivity index (χ2n) is 8.37. The smallest absolute Gasteiger partial charge is 0.238 e. The molecule has 0 radical (unpaired) electrons. The van der Waals surface area contributed by atoms with E-state index in [1.165, 1.54) is 12.1 Å². The average molecular weight is 410 g/mol. The quantitative estimate of drug-likeness (QED) is 0.688. The second kappa shape index (κ2) is 6.93. The summed E-state index contributed by atoms with van der Waals surface area (Å²) in [5, 5.41) is 5.19. The van der Waals surface area contributed by atoms with E-state index in [2.05, 4.69) is 23.8 Å². The normalized spacial score (nSPS) is 15.9. The molecule has 2 aromatic heterocycles. The van der Waals surface area contributed by atoms with Gasteiger partial charge in [0.05, 0.1) is 10.6 Å². The van der Waals surface area contributed by atoms with Gasteiger partial charge >= 0.3 is 0 Å². The highest BCUT2D eigenvalue weighted by atomic mass is 32.2. The number of hydrogen-bond donors (Lipinski definition) is 2. The van der Waals surface area contributed by atoms with Crippen molar-refractivity contribution < 1.29 is 13.2 Å². The lowest BCUT2D eigenvalue weighted by atomic mass is 9.75. The lowest BCUT2D eigenvalue weighted by Gasteiger charge is -2.28. The number of pyridine rings is 1. The number of sulfonamides is 1. The molecule has 1 aliphatic carbocycles. The summed E-state index contributed by atoms with van der Waals surface area (Å²) in [6, 6.07) is 10.3. The summed E-state index contributed by atoms with van der Waals surface area (Å²) in [6.07, 6.45) is 5.28. The summed E-state index contributed by atoms with van der Waals surface area (Å²) in [5.41, 5.74) is 5.39. The number of nitrogens with two attached hydrogens (primary N) is 1. The minimum atomic E-state index is -3.74. The van der Waals surface area contributed by atoms with Crippen LogP contribution in [0, 0.1) is 5.41 Å². The first-order chi connectivity index (χ1) is 13.6. The molecule has 6 nitrogen and oxygen atoms in total. The molecule has 150 valence electrons. The van der Waals surface area contributed by atoms with Crippen LogP contribution >= 0.6 is 0 Å². The van der Waals surface area contributed by atoms with E-state index in [1.807, 2.05) is 12.1 Å². The van der Waals surface area contributed by atoms with Crippen LogP contribution in [0.2, 0.25) is 0 Å². The van der Waals surface area contributed by atoms with Gasteiger partial charge in [-0.2, -0.15) is 0 Å². The van der Waals surface area contributed by atoms with Gasteiger partial charge in [-0.1, -0.05) is 26.0 Å². The highest BCUT2D eigenvalue weighted by Crippen LogP contribution is 2.40. The Labute approximate surface area is 170 Å². The maximum absolute atomic E-state index is 13.0. The summed E-state index contributed by atoms with van der Waals surface area (Å²) < 4.78 is 23.0. The van der Waals surface area contributed by atoms with Crippen LogP contribution in [0.1, 0.15) is 47.4 Å². The number of ketones is 1. The van der Waals surface area contributed by atoms with Crippen molar-refractivity contribution in [2.24, 2.45) is 10.6 Å². The average Bonchev–Trinajstić information content (AvgIpc) is 2.99. The number of aromatic amines is 1. The van der Waals surface area contributed by atoms with Crippen LogP contribution in [-0.2, 0) is 22.9 Å². The zero-order valence-electron chi connectivity index (χ0n) is 16.4. The molecule has 0 aliphatic heterocycles. The molecular weight excluding hydrogens is 386 g/mol. The van der Waals surface area contributed by atoms with Crippen molar-refractivity contribution in [3.63, 3.8) is 0 Å². The number of primary sulfonamides is 1. The molecule has 0 atom stereocenters. The van der Waals surface area contributed by atoms with E-state index in [-0.39, 0.29) is 16.1 Å². The van der Waals surface area contributed by atoms with Gasteiger partial charge in [0.25, 0.3) is 0 Å². The van der Waals surface area contributed by atoms with Crippen LogP contribution in [-0.4, -0.2) is 24.2 Å². The molecular formula is C22H23N3O3S. The van der Waals surface area contributed by atoms with Crippen molar-refractivity contribution in [2.75, 3.05) is 0 Å². The predicted molar refractivity (Wildman–Crippen MR) is 111 cm³/mol. The number of carbonyl (C=O) groups is 1. The van der Waals surface area contributed by atoms with Gasteiger partial charge in [-0.15, -0.1) is 0 Å². The summed E-state index contributed by atoms with van der Waals surface area (Å²) in [7, 11) is -3.74. The topological polar surface area (TPSA) is 106 Å². The summed E-state index contributed by atoms with van der Waals surface area (Å²) >= 11 is 0. The number of nitrogens with one attached hydrogen (secondary N) is 1. The van der Waals surface area contributed by atoms with E-state index in [0.29, 0.717) is 12.8 Å². The van der Waals surface area contributed by atoms with Crippen LogP contribution in [0.4, 0.5) is 0 Å². The number of H-pyrrole nitrogens is 1. The molecule has 3 N–H and O–H groups in total. The maximum Gasteiger partial charge on any atom is 0.238 e. The molecule has 2 heterocycles. The van der Waals surface area contributed by atoms with E-state index in [9.17, 15) is 13.2 Å². The Morgan fingerprint density at radius 2 is 1.72 bits per heavy atom.